The first-order chi connectivity index (χ1) is 5.27. The van der Waals surface area contributed by atoms with Crippen LogP contribution < -0.4 is 9.86 Å². The van der Waals surface area contributed by atoms with Gasteiger partial charge in [-0.25, -0.2) is 26.7 Å². The topological polar surface area (TPSA) is 106 Å². The lowest BCUT2D eigenvalue weighted by Crippen LogP contribution is -2.31. The molecule has 74 valence electrons. The van der Waals surface area contributed by atoms with E-state index in [1.807, 2.05) is 4.72 Å². The Morgan fingerprint density at radius 3 is 2.08 bits per heavy atom. The third-order valence-corrected chi connectivity index (χ3v) is 4.36. The summed E-state index contributed by atoms with van der Waals surface area (Å²) in [6.45, 7) is -0.202. The van der Waals surface area contributed by atoms with E-state index in [-0.39, 0.29) is 11.2 Å². The predicted molar refractivity (Wildman–Crippen MR) is 48.7 cm³/mol. The summed E-state index contributed by atoms with van der Waals surface area (Å²) in [6.07, 6.45) is 0. The van der Waals surface area contributed by atoms with Crippen molar-refractivity contribution >= 4 is 36.0 Å². The highest BCUT2D eigenvalue weighted by Crippen LogP contribution is 1.89. The van der Waals surface area contributed by atoms with Crippen molar-refractivity contribution in [2.45, 2.75) is 0 Å². The molecular formula is C3H9BrN2O4S2. The molecule has 6 nitrogen and oxygen atoms in total. The number of primary sulfonamides is 1. The van der Waals surface area contributed by atoms with Gasteiger partial charge in [0.2, 0.25) is 20.0 Å². The van der Waals surface area contributed by atoms with Crippen LogP contribution in [0.5, 0.6) is 0 Å². The van der Waals surface area contributed by atoms with E-state index in [0.29, 0.717) is 0 Å². The molecule has 0 heterocycles. The number of nitrogens with two attached hydrogens (primary N) is 1. The Morgan fingerprint density at radius 1 is 1.25 bits per heavy atom. The lowest BCUT2D eigenvalue weighted by atomic mass is 10.8. The Hall–Kier alpha value is 0.300. The smallest absolute Gasteiger partial charge is 0.221 e. The van der Waals surface area contributed by atoms with Gasteiger partial charge < -0.3 is 0 Å². The minimum Gasteiger partial charge on any atom is -0.229 e. The summed E-state index contributed by atoms with van der Waals surface area (Å²) in [7, 11) is -6.99. The van der Waals surface area contributed by atoms with Crippen LogP contribution in [-0.4, -0.2) is 33.8 Å². The van der Waals surface area contributed by atoms with Gasteiger partial charge >= 0.3 is 0 Å². The molecule has 0 aliphatic carbocycles. The summed E-state index contributed by atoms with van der Waals surface area (Å²) in [5.74, 6) is -0.404. The molecular weight excluding hydrogens is 272 g/mol. The van der Waals surface area contributed by atoms with Crippen molar-refractivity contribution in [3.05, 3.63) is 0 Å². The van der Waals surface area contributed by atoms with Crippen molar-refractivity contribution in [1.29, 1.82) is 0 Å². The zero-order valence-electron chi connectivity index (χ0n) is 6.03. The summed E-state index contributed by atoms with van der Waals surface area (Å²) in [4.78, 5) is 0. The normalized spacial score (nSPS) is 13.2. The molecule has 0 saturated heterocycles. The summed E-state index contributed by atoms with van der Waals surface area (Å²) in [5, 5.41) is 4.63. The molecule has 0 spiro atoms. The van der Waals surface area contributed by atoms with Crippen molar-refractivity contribution in [2.24, 2.45) is 5.14 Å². The number of nitrogens with one attached hydrogen (secondary N) is 1. The molecule has 0 aliphatic rings. The number of hydrogen-bond donors (Lipinski definition) is 2. The number of hydrogen-bond acceptors (Lipinski definition) is 4. The highest BCUT2D eigenvalue weighted by atomic mass is 79.9. The number of alkyl halides is 1. The zero-order chi connectivity index (χ0) is 9.83. The van der Waals surface area contributed by atoms with Gasteiger partial charge in [-0.05, 0) is 0 Å². The molecule has 0 atom stereocenters. The molecule has 9 heteroatoms. The largest absolute Gasteiger partial charge is 0.229 e. The maximum Gasteiger partial charge on any atom is 0.221 e. The lowest BCUT2D eigenvalue weighted by Gasteiger charge is -2.01. The number of rotatable bonds is 5. The number of sulfonamides is 2. The van der Waals surface area contributed by atoms with Gasteiger partial charge in [0.15, 0.2) is 0 Å². The van der Waals surface area contributed by atoms with E-state index in [4.69, 9.17) is 0 Å². The third-order valence-electron chi connectivity index (χ3n) is 0.852. The van der Waals surface area contributed by atoms with Crippen molar-refractivity contribution in [3.8, 4) is 0 Å². The van der Waals surface area contributed by atoms with E-state index in [1.54, 1.807) is 0 Å². The number of halogens is 1. The second kappa shape index (κ2) is 4.51. The van der Waals surface area contributed by atoms with Gasteiger partial charge in [-0.1, -0.05) is 15.9 Å². The van der Waals surface area contributed by atoms with Gasteiger partial charge in [-0.15, -0.1) is 0 Å². The van der Waals surface area contributed by atoms with Gasteiger partial charge in [0.1, 0.15) is 4.66 Å². The SMILES string of the molecule is NS(=O)(=O)CCNS(=O)(=O)CBr. The van der Waals surface area contributed by atoms with Gasteiger partial charge in [-0.3, -0.25) is 0 Å². The summed E-state index contributed by atoms with van der Waals surface area (Å²) >= 11 is 2.72. The fourth-order valence-corrected chi connectivity index (χ4v) is 1.87. The Kier molecular flexibility index (Phi) is 4.62. The molecule has 0 saturated carbocycles. The lowest BCUT2D eigenvalue weighted by molar-refractivity contribution is 0.585. The Bertz CT molecular complexity index is 320. The summed E-state index contributed by atoms with van der Waals surface area (Å²) < 4.78 is 43.8. The minimum atomic E-state index is -3.60. The van der Waals surface area contributed by atoms with Crippen molar-refractivity contribution < 1.29 is 16.8 Å². The maximum atomic E-state index is 10.7. The first kappa shape index (κ1) is 12.3. The van der Waals surface area contributed by atoms with Crippen LogP contribution in [0.1, 0.15) is 0 Å². The van der Waals surface area contributed by atoms with E-state index >= 15 is 0 Å². The van der Waals surface area contributed by atoms with Gasteiger partial charge in [0.05, 0.1) is 5.75 Å². The van der Waals surface area contributed by atoms with Gasteiger partial charge in [0, 0.05) is 6.54 Å². The zero-order valence-corrected chi connectivity index (χ0v) is 9.25. The van der Waals surface area contributed by atoms with Crippen molar-refractivity contribution in [3.63, 3.8) is 0 Å². The maximum absolute atomic E-state index is 10.7. The summed E-state index contributed by atoms with van der Waals surface area (Å²) in [5.41, 5.74) is 0. The van der Waals surface area contributed by atoms with Crippen LogP contribution in [-0.2, 0) is 20.0 Å². The van der Waals surface area contributed by atoms with Crippen LogP contribution in [0.3, 0.4) is 0 Å². The van der Waals surface area contributed by atoms with Crippen LogP contribution >= 0.6 is 15.9 Å². The van der Waals surface area contributed by atoms with E-state index < -0.39 is 25.8 Å². The molecule has 0 bridgehead atoms. The van der Waals surface area contributed by atoms with Crippen LogP contribution in [0.25, 0.3) is 0 Å². The van der Waals surface area contributed by atoms with Crippen LogP contribution in [0.2, 0.25) is 0 Å². The molecule has 0 aliphatic heterocycles. The average molecular weight is 281 g/mol. The first-order valence-corrected chi connectivity index (χ1v) is 7.29. The average Bonchev–Trinajstić information content (AvgIpc) is 1.84. The van der Waals surface area contributed by atoms with Gasteiger partial charge in [-0.2, -0.15) is 0 Å². The molecule has 0 rings (SSSR count). The second-order valence-corrected chi connectivity index (χ2v) is 6.83. The Morgan fingerprint density at radius 2 is 1.75 bits per heavy atom. The molecule has 12 heavy (non-hydrogen) atoms. The first-order valence-electron chi connectivity index (χ1n) is 2.80. The standard InChI is InChI=1S/C3H9BrN2O4S2/c4-3-12(9,10)6-1-2-11(5,7)8/h6H,1-3H2,(H2,5,7,8). The fraction of sp³-hybridized carbons (Fsp3) is 1.00. The van der Waals surface area contributed by atoms with E-state index in [1.165, 1.54) is 0 Å². The van der Waals surface area contributed by atoms with Crippen molar-refractivity contribution in [2.75, 3.05) is 17.0 Å². The quantitative estimate of drug-likeness (QED) is 0.601. The molecule has 3 N–H and O–H groups in total. The Balaban J connectivity index is 3.89. The molecule has 0 aromatic rings. The van der Waals surface area contributed by atoms with Gasteiger partial charge in [0.25, 0.3) is 0 Å². The molecule has 0 aromatic heterocycles. The third kappa shape index (κ3) is 6.98. The van der Waals surface area contributed by atoms with Crippen molar-refractivity contribution in [1.82, 2.24) is 4.72 Å². The minimum absolute atomic E-state index is 0.202. The van der Waals surface area contributed by atoms with Crippen LogP contribution in [0.4, 0.5) is 0 Å². The monoisotopic (exact) mass is 280 g/mol. The fourth-order valence-electron chi connectivity index (χ4n) is 0.378. The highest BCUT2D eigenvalue weighted by molar-refractivity contribution is 9.10. The van der Waals surface area contributed by atoms with E-state index in [9.17, 15) is 16.8 Å². The predicted octanol–water partition coefficient (Wildman–Crippen LogP) is -1.45. The van der Waals surface area contributed by atoms with E-state index in [2.05, 4.69) is 21.1 Å². The summed E-state index contributed by atoms with van der Waals surface area (Å²) in [6, 6.07) is 0. The van der Waals surface area contributed by atoms with Crippen LogP contribution in [0.15, 0.2) is 0 Å². The second-order valence-electron chi connectivity index (χ2n) is 1.99. The molecule has 0 amide bonds. The van der Waals surface area contributed by atoms with E-state index in [0.717, 1.165) is 0 Å². The highest BCUT2D eigenvalue weighted by Gasteiger charge is 2.08. The van der Waals surface area contributed by atoms with Crippen LogP contribution in [0, 0.1) is 0 Å². The Labute approximate surface area is 79.7 Å². The molecule has 0 fully saturated rings. The molecule has 0 aromatic carbocycles. The molecule has 0 radical (unpaired) electrons. The molecule has 0 unspecified atom stereocenters.